The minimum absolute atomic E-state index is 0.106. The summed E-state index contributed by atoms with van der Waals surface area (Å²) >= 11 is 1.57. The third-order valence-corrected chi connectivity index (χ3v) is 3.79. The van der Waals surface area contributed by atoms with E-state index in [9.17, 15) is 4.79 Å². The maximum Gasteiger partial charge on any atom is 0.319 e. The van der Waals surface area contributed by atoms with E-state index in [4.69, 9.17) is 4.74 Å². The molecule has 0 heterocycles. The van der Waals surface area contributed by atoms with Gasteiger partial charge in [-0.05, 0) is 37.6 Å². The van der Waals surface area contributed by atoms with Crippen LogP contribution in [0.4, 0.5) is 5.69 Å². The van der Waals surface area contributed by atoms with Crippen LogP contribution < -0.4 is 5.32 Å². The third-order valence-electron chi connectivity index (χ3n) is 2.53. The van der Waals surface area contributed by atoms with Crippen molar-refractivity contribution in [3.05, 3.63) is 24.3 Å². The van der Waals surface area contributed by atoms with Crippen molar-refractivity contribution >= 4 is 23.4 Å². The molecule has 3 nitrogen and oxygen atoms in total. The van der Waals surface area contributed by atoms with Crippen molar-refractivity contribution in [2.75, 3.05) is 19.0 Å². The predicted molar refractivity (Wildman–Crippen MR) is 77.2 cm³/mol. The second-order valence-corrected chi connectivity index (χ2v) is 5.25. The number of benzene rings is 1. The molecule has 0 aliphatic heterocycles. The highest BCUT2D eigenvalue weighted by molar-refractivity contribution is 8.00. The monoisotopic (exact) mass is 267 g/mol. The first-order chi connectivity index (χ1) is 8.71. The minimum atomic E-state index is -0.141. The van der Waals surface area contributed by atoms with Crippen LogP contribution in [0.25, 0.3) is 0 Å². The molecule has 4 heteroatoms. The van der Waals surface area contributed by atoms with Crippen LogP contribution in [0.3, 0.4) is 0 Å². The van der Waals surface area contributed by atoms with Gasteiger partial charge in [-0.15, -0.1) is 11.8 Å². The second-order valence-electron chi connectivity index (χ2n) is 3.97. The number of ether oxygens (including phenoxy) is 1. The molecule has 0 saturated heterocycles. The first-order valence-corrected chi connectivity index (χ1v) is 7.17. The van der Waals surface area contributed by atoms with Gasteiger partial charge in [0, 0.05) is 17.1 Å². The molecule has 0 fully saturated rings. The average molecular weight is 267 g/mol. The fraction of sp³-hybridized carbons (Fsp3) is 0.500. The molecular formula is C14H21NO2S. The van der Waals surface area contributed by atoms with Gasteiger partial charge in [-0.3, -0.25) is 4.79 Å². The Morgan fingerprint density at radius 3 is 2.50 bits per heavy atom. The number of methoxy groups -OCH3 is 1. The van der Waals surface area contributed by atoms with Gasteiger partial charge in [0.2, 0.25) is 0 Å². The zero-order chi connectivity index (χ0) is 13.4. The maximum absolute atomic E-state index is 11.6. The Hall–Kier alpha value is -1.16. The summed E-state index contributed by atoms with van der Waals surface area (Å²) in [7, 11) is 1.44. The molecule has 1 aromatic rings. The SMILES string of the molecule is CCCC(Sc1ccc(NCC)cc1)C(=O)OC. The van der Waals surface area contributed by atoms with E-state index >= 15 is 0 Å². The van der Waals surface area contributed by atoms with E-state index in [1.807, 2.05) is 24.3 Å². The summed E-state index contributed by atoms with van der Waals surface area (Å²) in [6, 6.07) is 8.14. The van der Waals surface area contributed by atoms with Gasteiger partial charge < -0.3 is 10.1 Å². The maximum atomic E-state index is 11.6. The summed E-state index contributed by atoms with van der Waals surface area (Å²) in [4.78, 5) is 12.7. The molecule has 1 unspecified atom stereocenters. The Bertz CT molecular complexity index is 365. The van der Waals surface area contributed by atoms with E-state index in [1.54, 1.807) is 11.8 Å². The topological polar surface area (TPSA) is 38.3 Å². The molecule has 0 bridgehead atoms. The van der Waals surface area contributed by atoms with E-state index < -0.39 is 0 Å². The zero-order valence-electron chi connectivity index (χ0n) is 11.2. The zero-order valence-corrected chi connectivity index (χ0v) is 12.0. The second kappa shape index (κ2) is 8.03. The van der Waals surface area contributed by atoms with Crippen molar-refractivity contribution in [3.63, 3.8) is 0 Å². The average Bonchev–Trinajstić information content (AvgIpc) is 2.40. The number of hydrogen-bond acceptors (Lipinski definition) is 4. The van der Waals surface area contributed by atoms with Crippen LogP contribution in [-0.2, 0) is 9.53 Å². The van der Waals surface area contributed by atoms with Gasteiger partial charge in [-0.25, -0.2) is 0 Å². The molecule has 1 rings (SSSR count). The lowest BCUT2D eigenvalue weighted by atomic mass is 10.2. The van der Waals surface area contributed by atoms with E-state index in [0.717, 1.165) is 30.0 Å². The van der Waals surface area contributed by atoms with E-state index in [-0.39, 0.29) is 11.2 Å². The van der Waals surface area contributed by atoms with Crippen LogP contribution in [0.15, 0.2) is 29.2 Å². The first kappa shape index (κ1) is 14.9. The highest BCUT2D eigenvalue weighted by Crippen LogP contribution is 2.28. The van der Waals surface area contributed by atoms with Gasteiger partial charge in [-0.2, -0.15) is 0 Å². The molecular weight excluding hydrogens is 246 g/mol. The highest BCUT2D eigenvalue weighted by atomic mass is 32.2. The Morgan fingerprint density at radius 1 is 1.33 bits per heavy atom. The largest absolute Gasteiger partial charge is 0.468 e. The summed E-state index contributed by atoms with van der Waals surface area (Å²) in [6.45, 7) is 5.05. The number of thioether (sulfide) groups is 1. The van der Waals surface area contributed by atoms with Crippen molar-refractivity contribution in [3.8, 4) is 0 Å². The lowest BCUT2D eigenvalue weighted by Crippen LogP contribution is -2.18. The molecule has 18 heavy (non-hydrogen) atoms. The Kier molecular flexibility index (Phi) is 6.65. The quantitative estimate of drug-likeness (QED) is 0.605. The minimum Gasteiger partial charge on any atom is -0.468 e. The number of esters is 1. The molecule has 1 aromatic carbocycles. The standard InChI is InChI=1S/C14H21NO2S/c1-4-6-13(14(16)17-3)18-12-9-7-11(8-10-12)15-5-2/h7-10,13,15H,4-6H2,1-3H3. The van der Waals surface area contributed by atoms with Gasteiger partial charge in [-0.1, -0.05) is 13.3 Å². The third kappa shape index (κ3) is 4.61. The number of nitrogens with one attached hydrogen (secondary N) is 1. The van der Waals surface area contributed by atoms with Gasteiger partial charge in [0.25, 0.3) is 0 Å². The van der Waals surface area contributed by atoms with Crippen LogP contribution in [0.2, 0.25) is 0 Å². The number of hydrogen-bond donors (Lipinski definition) is 1. The molecule has 0 aromatic heterocycles. The predicted octanol–water partition coefficient (Wildman–Crippen LogP) is 3.55. The van der Waals surface area contributed by atoms with Crippen LogP contribution in [0.1, 0.15) is 26.7 Å². The molecule has 1 N–H and O–H groups in total. The Morgan fingerprint density at radius 2 is 2.00 bits per heavy atom. The lowest BCUT2D eigenvalue weighted by molar-refractivity contribution is -0.140. The van der Waals surface area contributed by atoms with Gasteiger partial charge in [0.05, 0.1) is 7.11 Å². The highest BCUT2D eigenvalue weighted by Gasteiger charge is 2.19. The number of carbonyl (C=O) groups excluding carboxylic acids is 1. The fourth-order valence-corrected chi connectivity index (χ4v) is 2.81. The van der Waals surface area contributed by atoms with Crippen LogP contribution in [-0.4, -0.2) is 24.9 Å². The van der Waals surface area contributed by atoms with E-state index in [1.165, 1.54) is 7.11 Å². The van der Waals surface area contributed by atoms with Crippen LogP contribution in [0.5, 0.6) is 0 Å². The van der Waals surface area contributed by atoms with Crippen molar-refractivity contribution in [1.29, 1.82) is 0 Å². The summed E-state index contributed by atoms with van der Waals surface area (Å²) in [6.07, 6.45) is 1.81. The lowest BCUT2D eigenvalue weighted by Gasteiger charge is -2.13. The molecule has 0 saturated carbocycles. The van der Waals surface area contributed by atoms with Gasteiger partial charge in [0.15, 0.2) is 0 Å². The summed E-state index contributed by atoms with van der Waals surface area (Å²) in [5.41, 5.74) is 1.10. The number of carbonyl (C=O) groups is 1. The van der Waals surface area contributed by atoms with E-state index in [2.05, 4.69) is 19.2 Å². The molecule has 0 radical (unpaired) electrons. The molecule has 100 valence electrons. The van der Waals surface area contributed by atoms with Crippen molar-refractivity contribution in [2.45, 2.75) is 36.8 Å². The first-order valence-electron chi connectivity index (χ1n) is 6.29. The summed E-state index contributed by atoms with van der Waals surface area (Å²) in [5, 5.41) is 3.14. The fourth-order valence-electron chi connectivity index (χ4n) is 1.64. The van der Waals surface area contributed by atoms with Crippen molar-refractivity contribution in [1.82, 2.24) is 0 Å². The van der Waals surface area contributed by atoms with Gasteiger partial charge >= 0.3 is 5.97 Å². The van der Waals surface area contributed by atoms with Crippen LogP contribution in [0, 0.1) is 0 Å². The number of rotatable bonds is 7. The van der Waals surface area contributed by atoms with E-state index in [0.29, 0.717) is 0 Å². The van der Waals surface area contributed by atoms with Crippen molar-refractivity contribution < 1.29 is 9.53 Å². The normalized spacial score (nSPS) is 11.9. The molecule has 0 amide bonds. The Balaban J connectivity index is 2.65. The van der Waals surface area contributed by atoms with Gasteiger partial charge in [0.1, 0.15) is 5.25 Å². The Labute approximate surface area is 113 Å². The number of anilines is 1. The molecule has 0 spiro atoms. The smallest absolute Gasteiger partial charge is 0.319 e. The molecule has 0 aliphatic carbocycles. The molecule has 1 atom stereocenters. The van der Waals surface area contributed by atoms with Crippen molar-refractivity contribution in [2.24, 2.45) is 0 Å². The summed E-state index contributed by atoms with van der Waals surface area (Å²) < 4.78 is 4.83. The summed E-state index contributed by atoms with van der Waals surface area (Å²) in [5.74, 6) is -0.141. The van der Waals surface area contributed by atoms with Crippen LogP contribution >= 0.6 is 11.8 Å². The molecule has 0 aliphatic rings.